The maximum atomic E-state index is 4.71. The molecule has 0 bridgehead atoms. The Hall–Kier alpha value is -4.28. The first kappa shape index (κ1) is 19.7. The van der Waals surface area contributed by atoms with E-state index in [0.717, 1.165) is 17.2 Å². The van der Waals surface area contributed by atoms with Crippen molar-refractivity contribution in [3.63, 3.8) is 0 Å². The lowest BCUT2D eigenvalue weighted by atomic mass is 9.91. The molecule has 0 aliphatic carbocycles. The van der Waals surface area contributed by atoms with Crippen LogP contribution in [-0.2, 0) is 5.41 Å². The smallest absolute Gasteiger partial charge is 0.252 e. The lowest BCUT2D eigenvalue weighted by Gasteiger charge is -2.15. The molecule has 11 nitrogen and oxygen atoms in total. The summed E-state index contributed by atoms with van der Waals surface area (Å²) in [5.74, 6) is 1.59. The van der Waals surface area contributed by atoms with Crippen LogP contribution in [0.25, 0.3) is 22.9 Å². The number of nitrogens with zero attached hydrogens (tertiary/aromatic N) is 10. The minimum absolute atomic E-state index is 0.250. The summed E-state index contributed by atoms with van der Waals surface area (Å²) in [4.78, 5) is 13.1. The van der Waals surface area contributed by atoms with Crippen LogP contribution in [0.5, 0.6) is 0 Å². The molecule has 0 amide bonds. The molecule has 5 heterocycles. The van der Waals surface area contributed by atoms with Crippen molar-refractivity contribution in [3.8, 4) is 17.2 Å². The largest absolute Gasteiger partial charge is 0.258 e. The number of azo groups is 1. The van der Waals surface area contributed by atoms with Crippen molar-refractivity contribution in [3.05, 3.63) is 60.6 Å². The van der Waals surface area contributed by atoms with E-state index in [1.54, 1.807) is 40.1 Å². The van der Waals surface area contributed by atoms with Crippen LogP contribution in [-0.4, -0.2) is 44.5 Å². The van der Waals surface area contributed by atoms with Gasteiger partial charge < -0.3 is 0 Å². The highest BCUT2D eigenvalue weighted by atomic mass is 15.4. The Balaban J connectivity index is 1.70. The zero-order chi connectivity index (χ0) is 22.3. The number of aromatic nitrogens is 9. The number of aromatic amines is 1. The lowest BCUT2D eigenvalue weighted by Crippen LogP contribution is -2.12. The standard InChI is InChI=1S/C21H21N11/c1-13-26-29-19-16(17(21(2,3)4)30-31(13)19)27-28-18-14(15-8-5-6-9-22-15)12-25-32(18)20-23-10-7-11-24-20/h5-12,29H,1-4H3/b28-27+. The van der Waals surface area contributed by atoms with Gasteiger partial charge in [0.05, 0.1) is 23.1 Å². The number of rotatable bonds is 4. The SMILES string of the molecule is Cc1n[nH]c2c(/N=N/c3c(-c4ccccn4)cnn3-c3ncccn3)c(C(C)(C)C)nn12. The van der Waals surface area contributed by atoms with Gasteiger partial charge in [-0.3, -0.25) is 10.1 Å². The minimum Gasteiger partial charge on any atom is -0.258 e. The lowest BCUT2D eigenvalue weighted by molar-refractivity contribution is 0.561. The molecule has 0 aromatic carbocycles. The number of hydrogen-bond acceptors (Lipinski definition) is 8. The molecule has 5 aromatic heterocycles. The summed E-state index contributed by atoms with van der Waals surface area (Å²) in [5.41, 5.74) is 3.28. The van der Waals surface area contributed by atoms with Crippen molar-refractivity contribution < 1.29 is 0 Å². The van der Waals surface area contributed by atoms with Crippen LogP contribution in [0.2, 0.25) is 0 Å². The summed E-state index contributed by atoms with van der Waals surface area (Å²) >= 11 is 0. The Morgan fingerprint density at radius 3 is 2.47 bits per heavy atom. The van der Waals surface area contributed by atoms with Crippen molar-refractivity contribution in [2.24, 2.45) is 10.2 Å². The molecule has 0 unspecified atom stereocenters. The molecular weight excluding hydrogens is 406 g/mol. The third kappa shape index (κ3) is 3.33. The summed E-state index contributed by atoms with van der Waals surface area (Å²) in [6, 6.07) is 7.40. The van der Waals surface area contributed by atoms with Crippen molar-refractivity contribution >= 4 is 17.2 Å². The summed E-state index contributed by atoms with van der Waals surface area (Å²) in [7, 11) is 0. The molecule has 0 saturated carbocycles. The second-order valence-electron chi connectivity index (χ2n) is 8.24. The number of H-pyrrole nitrogens is 1. The van der Waals surface area contributed by atoms with Gasteiger partial charge in [-0.25, -0.2) is 9.97 Å². The van der Waals surface area contributed by atoms with E-state index in [2.05, 4.69) is 61.2 Å². The second-order valence-corrected chi connectivity index (χ2v) is 8.24. The molecule has 5 rings (SSSR count). The van der Waals surface area contributed by atoms with Crippen molar-refractivity contribution in [1.82, 2.24) is 44.5 Å². The molecule has 0 spiro atoms. The Labute approximate surface area is 183 Å². The van der Waals surface area contributed by atoms with Crippen LogP contribution in [0.3, 0.4) is 0 Å². The van der Waals surface area contributed by atoms with E-state index < -0.39 is 0 Å². The fourth-order valence-corrected chi connectivity index (χ4v) is 3.31. The van der Waals surface area contributed by atoms with Gasteiger partial charge in [0.2, 0.25) is 0 Å². The summed E-state index contributed by atoms with van der Waals surface area (Å²) in [5, 5.41) is 25.6. The highest BCUT2D eigenvalue weighted by Crippen LogP contribution is 2.37. The Morgan fingerprint density at radius 1 is 0.969 bits per heavy atom. The fraction of sp³-hybridized carbons (Fsp3) is 0.238. The van der Waals surface area contributed by atoms with Gasteiger partial charge in [-0.1, -0.05) is 26.8 Å². The van der Waals surface area contributed by atoms with Gasteiger partial charge in [-0.05, 0) is 25.1 Å². The number of pyridine rings is 1. The van der Waals surface area contributed by atoms with Crippen LogP contribution < -0.4 is 0 Å². The zero-order valence-electron chi connectivity index (χ0n) is 18.1. The average Bonchev–Trinajstić information content (AvgIpc) is 3.48. The molecule has 0 fully saturated rings. The molecule has 5 aromatic rings. The Kier molecular flexibility index (Phi) is 4.58. The van der Waals surface area contributed by atoms with Gasteiger partial charge in [0.25, 0.3) is 5.95 Å². The Morgan fingerprint density at radius 2 is 1.75 bits per heavy atom. The number of nitrogens with one attached hydrogen (secondary N) is 1. The van der Waals surface area contributed by atoms with E-state index in [1.807, 2.05) is 25.1 Å². The molecular formula is C21H21N11. The molecule has 0 saturated heterocycles. The maximum absolute atomic E-state index is 4.71. The quantitative estimate of drug-likeness (QED) is 0.430. The molecule has 11 heteroatoms. The summed E-state index contributed by atoms with van der Waals surface area (Å²) in [6.07, 6.45) is 6.71. The molecule has 160 valence electrons. The number of aryl methyl sites for hydroxylation is 1. The molecule has 0 atom stereocenters. The first-order valence-corrected chi connectivity index (χ1v) is 10.1. The van der Waals surface area contributed by atoms with Crippen molar-refractivity contribution in [2.75, 3.05) is 0 Å². The molecule has 0 radical (unpaired) electrons. The van der Waals surface area contributed by atoms with Gasteiger partial charge in [0, 0.05) is 24.0 Å². The van der Waals surface area contributed by atoms with Crippen molar-refractivity contribution in [2.45, 2.75) is 33.1 Å². The van der Waals surface area contributed by atoms with E-state index in [4.69, 9.17) is 5.10 Å². The van der Waals surface area contributed by atoms with E-state index in [-0.39, 0.29) is 5.41 Å². The monoisotopic (exact) mass is 427 g/mol. The van der Waals surface area contributed by atoms with Crippen LogP contribution in [0.4, 0.5) is 11.5 Å². The fourth-order valence-electron chi connectivity index (χ4n) is 3.31. The molecule has 0 aliphatic rings. The van der Waals surface area contributed by atoms with E-state index in [0.29, 0.717) is 28.7 Å². The van der Waals surface area contributed by atoms with Gasteiger partial charge in [0.1, 0.15) is 5.82 Å². The van der Waals surface area contributed by atoms with E-state index in [9.17, 15) is 0 Å². The third-order valence-electron chi connectivity index (χ3n) is 4.87. The average molecular weight is 427 g/mol. The molecule has 0 aliphatic heterocycles. The topological polar surface area (TPSA) is 127 Å². The van der Waals surface area contributed by atoms with Gasteiger partial charge in [-0.2, -0.15) is 24.5 Å². The zero-order valence-corrected chi connectivity index (χ0v) is 18.1. The van der Waals surface area contributed by atoms with Gasteiger partial charge in [-0.15, -0.1) is 10.2 Å². The number of hydrogen-bond donors (Lipinski definition) is 1. The van der Waals surface area contributed by atoms with Crippen LogP contribution in [0.1, 0.15) is 32.3 Å². The second kappa shape index (κ2) is 7.45. The summed E-state index contributed by atoms with van der Waals surface area (Å²) in [6.45, 7) is 8.12. The van der Waals surface area contributed by atoms with Crippen LogP contribution in [0, 0.1) is 6.92 Å². The molecule has 1 N–H and O–H groups in total. The highest BCUT2D eigenvalue weighted by molar-refractivity contribution is 5.72. The highest BCUT2D eigenvalue weighted by Gasteiger charge is 2.27. The number of fused-ring (bicyclic) bond motifs is 1. The molecule has 32 heavy (non-hydrogen) atoms. The van der Waals surface area contributed by atoms with E-state index in [1.165, 1.54) is 0 Å². The first-order chi connectivity index (χ1) is 15.4. The third-order valence-corrected chi connectivity index (χ3v) is 4.87. The van der Waals surface area contributed by atoms with Crippen molar-refractivity contribution in [1.29, 1.82) is 0 Å². The predicted octanol–water partition coefficient (Wildman–Crippen LogP) is 4.12. The van der Waals surface area contributed by atoms with E-state index >= 15 is 0 Å². The normalized spacial score (nSPS) is 12.2. The van der Waals surface area contributed by atoms with Crippen LogP contribution in [0.15, 0.2) is 59.3 Å². The first-order valence-electron chi connectivity index (χ1n) is 10.1. The maximum Gasteiger partial charge on any atom is 0.252 e. The minimum atomic E-state index is -0.250. The predicted molar refractivity (Wildman–Crippen MR) is 117 cm³/mol. The Bertz CT molecular complexity index is 1350. The summed E-state index contributed by atoms with van der Waals surface area (Å²) < 4.78 is 3.29. The van der Waals surface area contributed by atoms with Gasteiger partial charge >= 0.3 is 0 Å². The van der Waals surface area contributed by atoms with Gasteiger partial charge in [0.15, 0.2) is 17.2 Å². The van der Waals surface area contributed by atoms with Crippen LogP contribution >= 0.6 is 0 Å².